The second kappa shape index (κ2) is 6.76. The molecule has 0 aliphatic carbocycles. The number of aromatic nitrogens is 2. The molecule has 0 saturated carbocycles. The van der Waals surface area contributed by atoms with Crippen molar-refractivity contribution in [1.82, 2.24) is 19.8 Å². The number of rotatable bonds is 6. The van der Waals surface area contributed by atoms with Gasteiger partial charge in [-0.25, -0.2) is 14.8 Å². The van der Waals surface area contributed by atoms with Crippen LogP contribution in [0.5, 0.6) is 0 Å². The summed E-state index contributed by atoms with van der Waals surface area (Å²) in [6, 6.07) is 0.570. The summed E-state index contributed by atoms with van der Waals surface area (Å²) in [4.78, 5) is 23.8. The van der Waals surface area contributed by atoms with Gasteiger partial charge in [-0.1, -0.05) is 13.8 Å². The van der Waals surface area contributed by atoms with E-state index < -0.39 is 5.97 Å². The normalized spacial score (nSPS) is 19.6. The van der Waals surface area contributed by atoms with Gasteiger partial charge in [0, 0.05) is 31.9 Å². The van der Waals surface area contributed by atoms with Crippen LogP contribution in [0.3, 0.4) is 0 Å². The number of hydrogen-bond donors (Lipinski definition) is 1. The minimum atomic E-state index is -0.958. The fourth-order valence-corrected chi connectivity index (χ4v) is 2.87. The van der Waals surface area contributed by atoms with Crippen LogP contribution in [0.4, 0.5) is 0 Å². The number of hydrogen-bond acceptors (Lipinski definition) is 5. The van der Waals surface area contributed by atoms with Crippen molar-refractivity contribution in [2.45, 2.75) is 32.9 Å². The molecule has 1 aromatic heterocycles. The molecule has 1 N–H and O–H groups in total. The number of likely N-dealkylation sites (tertiary alicyclic amines) is 1. The van der Waals surface area contributed by atoms with E-state index in [-0.39, 0.29) is 5.56 Å². The molecule has 1 aromatic rings. The number of carboxylic acid groups (broad SMARTS) is 1. The molecule has 1 fully saturated rings. The quantitative estimate of drug-likeness (QED) is 0.840. The van der Waals surface area contributed by atoms with Crippen LogP contribution < -0.4 is 0 Å². The maximum Gasteiger partial charge on any atom is 0.339 e. The van der Waals surface area contributed by atoms with E-state index in [0.29, 0.717) is 18.3 Å². The third kappa shape index (κ3) is 3.32. The molecule has 2 heterocycles. The summed E-state index contributed by atoms with van der Waals surface area (Å²) in [7, 11) is 0. The van der Waals surface area contributed by atoms with Gasteiger partial charge in [0.25, 0.3) is 0 Å². The largest absolute Gasteiger partial charge is 0.478 e. The molecule has 0 spiro atoms. The van der Waals surface area contributed by atoms with Crippen molar-refractivity contribution in [1.29, 1.82) is 0 Å². The van der Waals surface area contributed by atoms with Crippen LogP contribution >= 0.6 is 0 Å². The van der Waals surface area contributed by atoms with E-state index in [1.165, 1.54) is 12.5 Å². The SMILES string of the molecule is CCN(CC)C1CCN(Cc2ncncc2C(=O)O)C1. The molecular formula is C14H22N4O2. The minimum absolute atomic E-state index is 0.207. The van der Waals surface area contributed by atoms with Crippen molar-refractivity contribution in [3.8, 4) is 0 Å². The van der Waals surface area contributed by atoms with E-state index in [2.05, 4.69) is 33.6 Å². The minimum Gasteiger partial charge on any atom is -0.478 e. The summed E-state index contributed by atoms with van der Waals surface area (Å²) in [6.07, 6.45) is 3.93. The van der Waals surface area contributed by atoms with Crippen molar-refractivity contribution < 1.29 is 9.90 Å². The van der Waals surface area contributed by atoms with Gasteiger partial charge in [0.2, 0.25) is 0 Å². The molecule has 6 nitrogen and oxygen atoms in total. The highest BCUT2D eigenvalue weighted by Gasteiger charge is 2.27. The Morgan fingerprint density at radius 1 is 1.50 bits per heavy atom. The number of aromatic carboxylic acids is 1. The Hall–Kier alpha value is -1.53. The van der Waals surface area contributed by atoms with Crippen LogP contribution in [0.2, 0.25) is 0 Å². The van der Waals surface area contributed by atoms with Crippen molar-refractivity contribution in [3.05, 3.63) is 23.8 Å². The molecule has 20 heavy (non-hydrogen) atoms. The van der Waals surface area contributed by atoms with E-state index in [9.17, 15) is 4.79 Å². The highest BCUT2D eigenvalue weighted by Crippen LogP contribution is 2.18. The van der Waals surface area contributed by atoms with Crippen LogP contribution in [-0.4, -0.2) is 63.1 Å². The first-order valence-corrected chi connectivity index (χ1v) is 7.14. The molecule has 0 aromatic carbocycles. The third-order valence-corrected chi connectivity index (χ3v) is 3.97. The maximum atomic E-state index is 11.2. The first-order valence-electron chi connectivity index (χ1n) is 7.14. The zero-order chi connectivity index (χ0) is 14.5. The lowest BCUT2D eigenvalue weighted by Crippen LogP contribution is -2.37. The van der Waals surface area contributed by atoms with Crippen LogP contribution in [0.15, 0.2) is 12.5 Å². The number of carboxylic acids is 1. The second-order valence-electron chi connectivity index (χ2n) is 5.09. The average Bonchev–Trinajstić information content (AvgIpc) is 2.89. The van der Waals surface area contributed by atoms with Gasteiger partial charge in [0.1, 0.15) is 11.9 Å². The third-order valence-electron chi connectivity index (χ3n) is 3.97. The molecule has 6 heteroatoms. The summed E-state index contributed by atoms with van der Waals surface area (Å²) in [6.45, 7) is 9.03. The van der Waals surface area contributed by atoms with Gasteiger partial charge in [0.05, 0.1) is 5.69 Å². The van der Waals surface area contributed by atoms with Gasteiger partial charge in [-0.2, -0.15) is 0 Å². The number of likely N-dealkylation sites (N-methyl/N-ethyl adjacent to an activating group) is 1. The highest BCUT2D eigenvalue weighted by molar-refractivity contribution is 5.88. The predicted octanol–water partition coefficient (Wildman–Crippen LogP) is 1.09. The summed E-state index contributed by atoms with van der Waals surface area (Å²) < 4.78 is 0. The zero-order valence-electron chi connectivity index (χ0n) is 12.1. The van der Waals surface area contributed by atoms with E-state index in [4.69, 9.17) is 5.11 Å². The molecule has 1 atom stereocenters. The smallest absolute Gasteiger partial charge is 0.339 e. The Balaban J connectivity index is 2.00. The molecule has 1 unspecified atom stereocenters. The maximum absolute atomic E-state index is 11.2. The van der Waals surface area contributed by atoms with Gasteiger partial charge in [-0.3, -0.25) is 9.80 Å². The van der Waals surface area contributed by atoms with Gasteiger partial charge in [-0.15, -0.1) is 0 Å². The van der Waals surface area contributed by atoms with Crippen LogP contribution in [0.1, 0.15) is 36.3 Å². The van der Waals surface area contributed by atoms with Crippen LogP contribution in [0.25, 0.3) is 0 Å². The Morgan fingerprint density at radius 2 is 2.25 bits per heavy atom. The standard InChI is InChI=1S/C14H22N4O2/c1-3-18(4-2)11-5-6-17(8-11)9-13-12(14(19)20)7-15-10-16-13/h7,10-11H,3-6,8-9H2,1-2H3,(H,19,20). The predicted molar refractivity (Wildman–Crippen MR) is 75.6 cm³/mol. The summed E-state index contributed by atoms with van der Waals surface area (Å²) in [5, 5.41) is 9.15. The molecule has 110 valence electrons. The summed E-state index contributed by atoms with van der Waals surface area (Å²) >= 11 is 0. The molecular weight excluding hydrogens is 256 g/mol. The number of carbonyl (C=O) groups is 1. The average molecular weight is 278 g/mol. The molecule has 0 bridgehead atoms. The Kier molecular flexibility index (Phi) is 5.03. The van der Waals surface area contributed by atoms with Crippen LogP contribution in [0, 0.1) is 0 Å². The molecule has 1 saturated heterocycles. The first kappa shape index (κ1) is 14.9. The van der Waals surface area contributed by atoms with Gasteiger partial charge in [0.15, 0.2) is 0 Å². The molecule has 0 amide bonds. The van der Waals surface area contributed by atoms with Gasteiger partial charge < -0.3 is 5.11 Å². The summed E-state index contributed by atoms with van der Waals surface area (Å²) in [5.41, 5.74) is 0.812. The molecule has 1 aliphatic heterocycles. The zero-order valence-corrected chi connectivity index (χ0v) is 12.1. The lowest BCUT2D eigenvalue weighted by atomic mass is 10.2. The van der Waals surface area contributed by atoms with Crippen molar-refractivity contribution in [2.24, 2.45) is 0 Å². The lowest BCUT2D eigenvalue weighted by molar-refractivity contribution is 0.0693. The van der Waals surface area contributed by atoms with Crippen molar-refractivity contribution in [2.75, 3.05) is 26.2 Å². The first-order chi connectivity index (χ1) is 9.65. The van der Waals surface area contributed by atoms with Crippen molar-refractivity contribution in [3.63, 3.8) is 0 Å². The lowest BCUT2D eigenvalue weighted by Gasteiger charge is -2.26. The van der Waals surface area contributed by atoms with E-state index in [0.717, 1.165) is 32.6 Å². The molecule has 0 radical (unpaired) electrons. The second-order valence-corrected chi connectivity index (χ2v) is 5.09. The fraction of sp³-hybridized carbons (Fsp3) is 0.643. The van der Waals surface area contributed by atoms with E-state index in [1.54, 1.807) is 0 Å². The topological polar surface area (TPSA) is 69.6 Å². The van der Waals surface area contributed by atoms with E-state index >= 15 is 0 Å². The summed E-state index contributed by atoms with van der Waals surface area (Å²) in [5.74, 6) is -0.958. The van der Waals surface area contributed by atoms with Gasteiger partial charge in [-0.05, 0) is 19.5 Å². The Morgan fingerprint density at radius 3 is 2.90 bits per heavy atom. The van der Waals surface area contributed by atoms with E-state index in [1.807, 2.05) is 0 Å². The monoisotopic (exact) mass is 278 g/mol. The number of nitrogens with zero attached hydrogens (tertiary/aromatic N) is 4. The van der Waals surface area contributed by atoms with Crippen molar-refractivity contribution >= 4 is 5.97 Å². The Bertz CT molecular complexity index is 462. The molecule has 1 aliphatic rings. The van der Waals surface area contributed by atoms with Gasteiger partial charge >= 0.3 is 5.97 Å². The highest BCUT2D eigenvalue weighted by atomic mass is 16.4. The Labute approximate surface area is 119 Å². The van der Waals surface area contributed by atoms with Crippen LogP contribution in [-0.2, 0) is 6.54 Å². The fourth-order valence-electron chi connectivity index (χ4n) is 2.87. The molecule has 2 rings (SSSR count).